The van der Waals surface area contributed by atoms with Crippen LogP contribution in [0.25, 0.3) is 21.0 Å². The minimum absolute atomic E-state index is 0.0355. The molecule has 0 unspecified atom stereocenters. The number of carbonyl (C=O) groups excluding carboxylic acids is 1. The number of hydrogen-bond acceptors (Lipinski definition) is 8. The van der Waals surface area contributed by atoms with Gasteiger partial charge in [0.2, 0.25) is 26.0 Å². The van der Waals surface area contributed by atoms with Gasteiger partial charge >= 0.3 is 0 Å². The maximum absolute atomic E-state index is 13.4. The fraction of sp³-hybridized carbons (Fsp3) is 0.385. The SMILES string of the molecule is CNc1ccc(-c2ncc(-c3ccc(NC(C)=O)cc3S(=O)(=O)NC(C)(C)C)s2)c(S(=O)(=O)NC(C)(C)C)c1. The Bertz CT molecular complexity index is 1600. The van der Waals surface area contributed by atoms with Crippen LogP contribution in [-0.2, 0) is 24.8 Å². The number of rotatable bonds is 8. The molecule has 0 atom stereocenters. The Balaban J connectivity index is 2.19. The first-order valence-electron chi connectivity index (χ1n) is 12.1. The fourth-order valence-electron chi connectivity index (χ4n) is 3.75. The number of sulfonamides is 2. The van der Waals surface area contributed by atoms with Crippen molar-refractivity contribution in [3.63, 3.8) is 0 Å². The van der Waals surface area contributed by atoms with Crippen LogP contribution in [0.2, 0.25) is 0 Å². The van der Waals surface area contributed by atoms with Gasteiger partial charge in [0.15, 0.2) is 0 Å². The summed E-state index contributed by atoms with van der Waals surface area (Å²) in [6.07, 6.45) is 1.52. The molecule has 1 amide bonds. The third kappa shape index (κ3) is 7.85. The summed E-state index contributed by atoms with van der Waals surface area (Å²) >= 11 is 1.17. The second kappa shape index (κ2) is 11.0. The van der Waals surface area contributed by atoms with Crippen molar-refractivity contribution in [2.24, 2.45) is 0 Å². The fourth-order valence-corrected chi connectivity index (χ4v) is 8.19. The third-order valence-corrected chi connectivity index (χ3v) is 9.69. The minimum atomic E-state index is -4.01. The number of benzene rings is 2. The zero-order chi connectivity index (χ0) is 29.4. The summed E-state index contributed by atoms with van der Waals surface area (Å²) in [6, 6.07) is 9.56. The van der Waals surface area contributed by atoms with Crippen molar-refractivity contribution in [1.29, 1.82) is 0 Å². The van der Waals surface area contributed by atoms with E-state index in [0.717, 1.165) is 0 Å². The molecule has 0 saturated heterocycles. The molecule has 39 heavy (non-hydrogen) atoms. The second-order valence-corrected chi connectivity index (χ2v) is 15.4. The molecule has 0 radical (unpaired) electrons. The van der Waals surface area contributed by atoms with Crippen LogP contribution in [0.15, 0.2) is 52.4 Å². The number of amides is 1. The molecule has 3 aromatic rings. The summed E-state index contributed by atoms with van der Waals surface area (Å²) in [5.41, 5.74) is 0.230. The Morgan fingerprint density at radius 3 is 1.79 bits per heavy atom. The van der Waals surface area contributed by atoms with E-state index in [9.17, 15) is 21.6 Å². The van der Waals surface area contributed by atoms with Crippen LogP contribution in [0.3, 0.4) is 0 Å². The Kier molecular flexibility index (Phi) is 8.63. The molecule has 13 heteroatoms. The lowest BCUT2D eigenvalue weighted by Crippen LogP contribution is -2.40. The van der Waals surface area contributed by atoms with Gasteiger partial charge in [0, 0.05) is 53.7 Å². The molecule has 1 aromatic heterocycles. The summed E-state index contributed by atoms with van der Waals surface area (Å²) in [5.74, 6) is -0.336. The van der Waals surface area contributed by atoms with Crippen molar-refractivity contribution in [2.45, 2.75) is 69.3 Å². The Morgan fingerprint density at radius 2 is 1.28 bits per heavy atom. The van der Waals surface area contributed by atoms with E-state index in [1.807, 2.05) is 0 Å². The van der Waals surface area contributed by atoms with Gasteiger partial charge in [0.25, 0.3) is 0 Å². The summed E-state index contributed by atoms with van der Waals surface area (Å²) in [5, 5.41) is 5.98. The number of nitrogens with one attached hydrogen (secondary N) is 4. The van der Waals surface area contributed by atoms with Gasteiger partial charge in [-0.3, -0.25) is 4.79 Å². The number of anilines is 2. The van der Waals surface area contributed by atoms with E-state index in [2.05, 4.69) is 25.1 Å². The van der Waals surface area contributed by atoms with Crippen molar-refractivity contribution in [1.82, 2.24) is 14.4 Å². The number of aromatic nitrogens is 1. The van der Waals surface area contributed by atoms with Gasteiger partial charge in [-0.25, -0.2) is 31.3 Å². The predicted molar refractivity (Wildman–Crippen MR) is 157 cm³/mol. The molecule has 0 fully saturated rings. The van der Waals surface area contributed by atoms with Crippen LogP contribution in [0.5, 0.6) is 0 Å². The molecule has 0 bridgehead atoms. The van der Waals surface area contributed by atoms with Gasteiger partial charge < -0.3 is 10.6 Å². The van der Waals surface area contributed by atoms with Gasteiger partial charge in [-0.15, -0.1) is 11.3 Å². The average molecular weight is 594 g/mol. The highest BCUT2D eigenvalue weighted by molar-refractivity contribution is 7.90. The maximum Gasteiger partial charge on any atom is 0.241 e. The van der Waals surface area contributed by atoms with Crippen LogP contribution in [0, 0.1) is 0 Å². The van der Waals surface area contributed by atoms with E-state index in [-0.39, 0.29) is 15.7 Å². The Hall–Kier alpha value is -2.84. The van der Waals surface area contributed by atoms with Crippen LogP contribution < -0.4 is 20.1 Å². The second-order valence-electron chi connectivity index (χ2n) is 11.1. The van der Waals surface area contributed by atoms with Crippen molar-refractivity contribution in [2.75, 3.05) is 17.7 Å². The molecule has 10 nitrogen and oxygen atoms in total. The normalized spacial score (nSPS) is 12.8. The van der Waals surface area contributed by atoms with E-state index >= 15 is 0 Å². The summed E-state index contributed by atoms with van der Waals surface area (Å²) in [6.45, 7) is 11.8. The molecule has 212 valence electrons. The van der Waals surface area contributed by atoms with Crippen LogP contribution >= 0.6 is 11.3 Å². The van der Waals surface area contributed by atoms with Crippen molar-refractivity contribution >= 4 is 48.7 Å². The average Bonchev–Trinajstić information content (AvgIpc) is 3.25. The highest BCUT2D eigenvalue weighted by atomic mass is 32.2. The van der Waals surface area contributed by atoms with E-state index in [4.69, 9.17) is 0 Å². The predicted octanol–water partition coefficient (Wildman–Crippen LogP) is 4.63. The molecule has 4 N–H and O–H groups in total. The smallest absolute Gasteiger partial charge is 0.241 e. The summed E-state index contributed by atoms with van der Waals surface area (Å²) in [7, 11) is -6.23. The molecule has 0 spiro atoms. The van der Waals surface area contributed by atoms with E-state index in [1.54, 1.807) is 72.9 Å². The topological polar surface area (TPSA) is 146 Å². The third-order valence-electron chi connectivity index (χ3n) is 5.03. The quantitative estimate of drug-likeness (QED) is 0.298. The number of nitrogens with zero attached hydrogens (tertiary/aromatic N) is 1. The lowest BCUT2D eigenvalue weighted by molar-refractivity contribution is -0.114. The first-order valence-corrected chi connectivity index (χ1v) is 15.9. The first-order chi connectivity index (χ1) is 17.8. The number of carbonyl (C=O) groups is 1. The maximum atomic E-state index is 13.4. The highest BCUT2D eigenvalue weighted by Gasteiger charge is 2.29. The van der Waals surface area contributed by atoms with Crippen LogP contribution in [0.1, 0.15) is 48.5 Å². The monoisotopic (exact) mass is 593 g/mol. The Morgan fingerprint density at radius 1 is 0.795 bits per heavy atom. The zero-order valence-electron chi connectivity index (χ0n) is 23.3. The van der Waals surface area contributed by atoms with E-state index in [1.165, 1.54) is 36.6 Å². The van der Waals surface area contributed by atoms with Gasteiger partial charge in [0.05, 0.1) is 14.7 Å². The molecular weight excluding hydrogens is 559 g/mol. The summed E-state index contributed by atoms with van der Waals surface area (Å²) in [4.78, 5) is 16.6. The van der Waals surface area contributed by atoms with Gasteiger partial charge in [-0.05, 0) is 71.9 Å². The number of thiazole rings is 1. The first kappa shape index (κ1) is 30.7. The zero-order valence-corrected chi connectivity index (χ0v) is 25.7. The van der Waals surface area contributed by atoms with Gasteiger partial charge in [0.1, 0.15) is 5.01 Å². The molecule has 2 aromatic carbocycles. The van der Waals surface area contributed by atoms with E-state index < -0.39 is 31.1 Å². The standard InChI is InChI=1S/C26H35N5O5S3/c1-16(32)29-18-10-11-19(22(14-18)38(33,34)30-25(2,3)4)21-15-28-24(37-21)20-12-9-17(27-8)13-23(20)39(35,36)31-26(5,6)7/h9-15,27,30-31H,1-8H3,(H,29,32). The van der Waals surface area contributed by atoms with Crippen LogP contribution in [-0.4, -0.2) is 45.9 Å². The molecule has 0 aliphatic rings. The minimum Gasteiger partial charge on any atom is -0.388 e. The molecule has 3 rings (SSSR count). The Labute approximate surface area is 234 Å². The summed E-state index contributed by atoms with van der Waals surface area (Å²) < 4.78 is 58.9. The van der Waals surface area contributed by atoms with Gasteiger partial charge in [-0.2, -0.15) is 0 Å². The number of hydrogen-bond donors (Lipinski definition) is 4. The highest BCUT2D eigenvalue weighted by Crippen LogP contribution is 2.39. The molecular formula is C26H35N5O5S3. The molecule has 1 heterocycles. The molecule has 0 aliphatic carbocycles. The largest absolute Gasteiger partial charge is 0.388 e. The lowest BCUT2D eigenvalue weighted by Gasteiger charge is -2.22. The van der Waals surface area contributed by atoms with E-state index in [0.29, 0.717) is 32.4 Å². The van der Waals surface area contributed by atoms with Gasteiger partial charge in [-0.1, -0.05) is 6.07 Å². The molecule has 0 saturated carbocycles. The van der Waals surface area contributed by atoms with Crippen LogP contribution in [0.4, 0.5) is 11.4 Å². The molecule has 0 aliphatic heterocycles. The lowest BCUT2D eigenvalue weighted by atomic mass is 10.1. The van der Waals surface area contributed by atoms with Crippen molar-refractivity contribution in [3.05, 3.63) is 42.6 Å². The van der Waals surface area contributed by atoms with Crippen molar-refractivity contribution in [3.8, 4) is 21.0 Å². The van der Waals surface area contributed by atoms with Crippen molar-refractivity contribution < 1.29 is 21.6 Å².